The van der Waals surface area contributed by atoms with Crippen molar-refractivity contribution in [1.82, 2.24) is 0 Å². The molecule has 0 aliphatic heterocycles. The molecule has 106 valence electrons. The maximum Gasteiger partial charge on any atom is 0.147 e. The second-order valence-corrected chi connectivity index (χ2v) is 5.58. The Morgan fingerprint density at radius 2 is 1.90 bits per heavy atom. The molecule has 1 unspecified atom stereocenters. The highest BCUT2D eigenvalue weighted by Crippen LogP contribution is 2.21. The van der Waals surface area contributed by atoms with E-state index in [9.17, 15) is 13.0 Å². The van der Waals surface area contributed by atoms with E-state index in [0.717, 1.165) is 6.07 Å². The molecule has 1 atom stereocenters. The summed E-state index contributed by atoms with van der Waals surface area (Å²) in [4.78, 5) is 0.270. The average molecular weight is 297 g/mol. The van der Waals surface area contributed by atoms with Gasteiger partial charge in [-0.2, -0.15) is 0 Å². The van der Waals surface area contributed by atoms with Crippen LogP contribution in [0.25, 0.3) is 0 Å². The normalized spacial score (nSPS) is 12.2. The summed E-state index contributed by atoms with van der Waals surface area (Å²) in [5.41, 5.74) is 5.62. The van der Waals surface area contributed by atoms with Crippen LogP contribution >= 0.6 is 0 Å². The smallest absolute Gasteiger partial charge is 0.147 e. The zero-order valence-corrected chi connectivity index (χ0v) is 11.5. The third-order valence-electron chi connectivity index (χ3n) is 2.78. The fourth-order valence-electron chi connectivity index (χ4n) is 1.65. The number of anilines is 1. The van der Waals surface area contributed by atoms with Crippen molar-refractivity contribution in [3.05, 3.63) is 53.6 Å². The van der Waals surface area contributed by atoms with Crippen LogP contribution in [0.5, 0.6) is 5.75 Å². The van der Waals surface area contributed by atoms with E-state index in [1.807, 2.05) is 0 Å². The summed E-state index contributed by atoms with van der Waals surface area (Å²) in [5, 5.41) is 0. The van der Waals surface area contributed by atoms with Gasteiger partial charge < -0.3 is 10.5 Å². The van der Waals surface area contributed by atoms with Gasteiger partial charge in [-0.25, -0.2) is 8.78 Å². The SMILES string of the molecule is COc1ccc(CS(=O)c2ccc(N)c(F)c2)c(F)c1. The maximum atomic E-state index is 13.7. The number of methoxy groups -OCH3 is 1. The second-order valence-electron chi connectivity index (χ2n) is 4.13. The molecule has 0 aromatic heterocycles. The quantitative estimate of drug-likeness (QED) is 0.883. The molecule has 2 aromatic rings. The number of halogens is 2. The number of nitrogens with two attached hydrogens (primary N) is 1. The van der Waals surface area contributed by atoms with E-state index in [2.05, 4.69) is 0 Å². The summed E-state index contributed by atoms with van der Waals surface area (Å²) in [5.74, 6) is -0.797. The first-order valence-electron chi connectivity index (χ1n) is 5.77. The Morgan fingerprint density at radius 3 is 2.50 bits per heavy atom. The summed E-state index contributed by atoms with van der Waals surface area (Å²) in [7, 11) is -0.114. The predicted octanol–water partition coefficient (Wildman–Crippen LogP) is 2.86. The summed E-state index contributed by atoms with van der Waals surface area (Å²) in [6, 6.07) is 8.21. The van der Waals surface area contributed by atoms with Crippen molar-refractivity contribution in [2.45, 2.75) is 10.6 Å². The van der Waals surface area contributed by atoms with Gasteiger partial charge in [0.1, 0.15) is 17.4 Å². The van der Waals surface area contributed by atoms with Gasteiger partial charge in [0.15, 0.2) is 0 Å². The number of ether oxygens (including phenoxy) is 1. The lowest BCUT2D eigenvalue weighted by atomic mass is 10.2. The molecule has 3 nitrogen and oxygen atoms in total. The van der Waals surface area contributed by atoms with Crippen molar-refractivity contribution >= 4 is 16.5 Å². The van der Waals surface area contributed by atoms with E-state index >= 15 is 0 Å². The standard InChI is InChI=1S/C14H13F2NO2S/c1-19-10-3-2-9(12(15)6-10)8-20(18)11-4-5-14(17)13(16)7-11/h2-7H,8,17H2,1H3. The molecule has 0 saturated heterocycles. The molecule has 2 rings (SSSR count). The van der Waals surface area contributed by atoms with E-state index in [1.165, 1.54) is 31.4 Å². The van der Waals surface area contributed by atoms with Crippen LogP contribution in [0.2, 0.25) is 0 Å². The largest absolute Gasteiger partial charge is 0.497 e. The van der Waals surface area contributed by atoms with Crippen molar-refractivity contribution in [2.75, 3.05) is 12.8 Å². The van der Waals surface area contributed by atoms with Crippen LogP contribution in [0.4, 0.5) is 14.5 Å². The summed E-state index contributed by atoms with van der Waals surface area (Å²) < 4.78 is 44.0. The number of rotatable bonds is 4. The van der Waals surface area contributed by atoms with Gasteiger partial charge in [0.25, 0.3) is 0 Å². The molecule has 0 amide bonds. The molecule has 0 spiro atoms. The third-order valence-corrected chi connectivity index (χ3v) is 4.13. The first-order chi connectivity index (χ1) is 9.51. The number of hydrogen-bond acceptors (Lipinski definition) is 3. The first-order valence-corrected chi connectivity index (χ1v) is 7.09. The Bertz CT molecular complexity index is 662. The fraction of sp³-hybridized carbons (Fsp3) is 0.143. The summed E-state index contributed by atoms with van der Waals surface area (Å²) >= 11 is 0. The lowest BCUT2D eigenvalue weighted by Crippen LogP contribution is -2.01. The van der Waals surface area contributed by atoms with Crippen molar-refractivity contribution in [3.8, 4) is 5.75 Å². The van der Waals surface area contributed by atoms with Crippen molar-refractivity contribution in [1.29, 1.82) is 0 Å². The second kappa shape index (κ2) is 6.00. The van der Waals surface area contributed by atoms with Gasteiger partial charge in [-0.1, -0.05) is 6.07 Å². The highest BCUT2D eigenvalue weighted by atomic mass is 32.2. The number of benzene rings is 2. The van der Waals surface area contributed by atoms with Crippen LogP contribution in [0.1, 0.15) is 5.56 Å². The van der Waals surface area contributed by atoms with E-state index in [4.69, 9.17) is 10.5 Å². The van der Waals surface area contributed by atoms with Crippen LogP contribution in [-0.4, -0.2) is 11.3 Å². The summed E-state index contributed by atoms with van der Waals surface area (Å²) in [6.07, 6.45) is 0. The van der Waals surface area contributed by atoms with Crippen molar-refractivity contribution in [2.24, 2.45) is 0 Å². The Morgan fingerprint density at radius 1 is 1.15 bits per heavy atom. The lowest BCUT2D eigenvalue weighted by molar-refractivity contribution is 0.411. The van der Waals surface area contributed by atoms with Crippen LogP contribution in [0, 0.1) is 11.6 Å². The van der Waals surface area contributed by atoms with Gasteiger partial charge in [0.2, 0.25) is 0 Å². The minimum absolute atomic E-state index is 0.0126. The Balaban J connectivity index is 2.21. The van der Waals surface area contributed by atoms with Crippen LogP contribution < -0.4 is 10.5 Å². The van der Waals surface area contributed by atoms with Crippen LogP contribution in [-0.2, 0) is 16.6 Å². The van der Waals surface area contributed by atoms with Gasteiger partial charge in [-0.05, 0) is 24.3 Å². The highest BCUT2D eigenvalue weighted by molar-refractivity contribution is 7.84. The lowest BCUT2D eigenvalue weighted by Gasteiger charge is -2.07. The Kier molecular flexibility index (Phi) is 4.34. The number of hydrogen-bond donors (Lipinski definition) is 1. The molecular weight excluding hydrogens is 284 g/mol. The topological polar surface area (TPSA) is 52.3 Å². The van der Waals surface area contributed by atoms with Gasteiger partial charge in [-0.3, -0.25) is 4.21 Å². The van der Waals surface area contributed by atoms with Crippen LogP contribution in [0.3, 0.4) is 0 Å². The Labute approximate surface area is 117 Å². The molecule has 20 heavy (non-hydrogen) atoms. The highest BCUT2D eigenvalue weighted by Gasteiger charge is 2.11. The first kappa shape index (κ1) is 14.5. The van der Waals surface area contributed by atoms with E-state index in [1.54, 1.807) is 6.07 Å². The minimum atomic E-state index is -1.55. The van der Waals surface area contributed by atoms with Gasteiger partial charge >= 0.3 is 0 Å². The molecule has 0 fully saturated rings. The zero-order chi connectivity index (χ0) is 14.7. The monoisotopic (exact) mass is 297 g/mol. The molecule has 0 aliphatic rings. The molecule has 2 N–H and O–H groups in total. The van der Waals surface area contributed by atoms with Crippen molar-refractivity contribution in [3.63, 3.8) is 0 Å². The Hall–Kier alpha value is -1.95. The van der Waals surface area contributed by atoms with Crippen LogP contribution in [0.15, 0.2) is 41.3 Å². The molecule has 0 bridgehead atoms. The molecular formula is C14H13F2NO2S. The maximum absolute atomic E-state index is 13.7. The van der Waals surface area contributed by atoms with Crippen molar-refractivity contribution < 1.29 is 17.7 Å². The third kappa shape index (κ3) is 3.14. The predicted molar refractivity (Wildman–Crippen MR) is 73.9 cm³/mol. The van der Waals surface area contributed by atoms with E-state index in [0.29, 0.717) is 5.75 Å². The number of nitrogen functional groups attached to an aromatic ring is 1. The zero-order valence-electron chi connectivity index (χ0n) is 10.7. The molecule has 2 aromatic carbocycles. The van der Waals surface area contributed by atoms with E-state index < -0.39 is 22.4 Å². The summed E-state index contributed by atoms with van der Waals surface area (Å²) in [6.45, 7) is 0. The fourth-order valence-corrected chi connectivity index (χ4v) is 2.78. The van der Waals surface area contributed by atoms with Gasteiger partial charge in [-0.15, -0.1) is 0 Å². The molecule has 0 heterocycles. The molecule has 0 radical (unpaired) electrons. The van der Waals surface area contributed by atoms with Gasteiger partial charge in [0.05, 0.1) is 29.3 Å². The molecule has 6 heteroatoms. The average Bonchev–Trinajstić information content (AvgIpc) is 2.43. The molecule has 0 aliphatic carbocycles. The van der Waals surface area contributed by atoms with Gasteiger partial charge in [0, 0.05) is 16.5 Å². The van der Waals surface area contributed by atoms with E-state index in [-0.39, 0.29) is 21.9 Å². The molecule has 0 saturated carbocycles. The minimum Gasteiger partial charge on any atom is -0.497 e.